The maximum atomic E-state index is 13.6. The van der Waals surface area contributed by atoms with Gasteiger partial charge in [-0.05, 0) is 12.1 Å². The van der Waals surface area contributed by atoms with Gasteiger partial charge in [-0.3, -0.25) is 9.48 Å². The number of anilines is 2. The molecule has 0 unspecified atom stereocenters. The monoisotopic (exact) mass is 350 g/mol. The summed E-state index contributed by atoms with van der Waals surface area (Å²) in [4.78, 5) is 21.8. The van der Waals surface area contributed by atoms with Crippen LogP contribution in [0.5, 0.6) is 0 Å². The van der Waals surface area contributed by atoms with Crippen molar-refractivity contribution in [3.63, 3.8) is 0 Å². The number of halogens is 3. The van der Waals surface area contributed by atoms with Gasteiger partial charge in [-0.1, -0.05) is 0 Å². The summed E-state index contributed by atoms with van der Waals surface area (Å²) in [7, 11) is 3.33. The Labute approximate surface area is 140 Å². The van der Waals surface area contributed by atoms with Gasteiger partial charge in [0.1, 0.15) is 12.1 Å². The molecule has 2 aromatic heterocycles. The molecule has 2 heterocycles. The van der Waals surface area contributed by atoms with E-state index < -0.39 is 29.0 Å². The van der Waals surface area contributed by atoms with E-state index in [-0.39, 0.29) is 6.54 Å². The number of hydrogen-bond acceptors (Lipinski definition) is 5. The number of amides is 1. The van der Waals surface area contributed by atoms with E-state index in [9.17, 15) is 18.0 Å². The SMILES string of the molecule is CN(CC(=O)Nc1ccc(F)c(F)c1F)c1ncnc2c1cnn2C. The van der Waals surface area contributed by atoms with Crippen molar-refractivity contribution in [2.45, 2.75) is 0 Å². The molecule has 0 saturated heterocycles. The normalized spacial score (nSPS) is 10.9. The molecule has 0 spiro atoms. The molecule has 0 aliphatic heterocycles. The van der Waals surface area contributed by atoms with Gasteiger partial charge in [0.15, 0.2) is 23.1 Å². The molecule has 1 N–H and O–H groups in total. The van der Waals surface area contributed by atoms with E-state index in [1.165, 1.54) is 11.2 Å². The van der Waals surface area contributed by atoms with Gasteiger partial charge in [0.2, 0.25) is 5.91 Å². The molecule has 130 valence electrons. The summed E-state index contributed by atoms with van der Waals surface area (Å²) in [6, 6.07) is 1.69. The van der Waals surface area contributed by atoms with E-state index in [2.05, 4.69) is 20.4 Å². The number of likely N-dealkylation sites (N-methyl/N-ethyl adjacent to an activating group) is 1. The van der Waals surface area contributed by atoms with Crippen LogP contribution in [-0.4, -0.2) is 39.2 Å². The third kappa shape index (κ3) is 3.10. The molecule has 0 atom stereocenters. The van der Waals surface area contributed by atoms with Crippen molar-refractivity contribution in [1.82, 2.24) is 19.7 Å². The lowest BCUT2D eigenvalue weighted by molar-refractivity contribution is -0.114. The van der Waals surface area contributed by atoms with Gasteiger partial charge in [-0.25, -0.2) is 23.1 Å². The number of nitrogens with one attached hydrogen (secondary N) is 1. The summed E-state index contributed by atoms with van der Waals surface area (Å²) in [6.07, 6.45) is 2.90. The summed E-state index contributed by atoms with van der Waals surface area (Å²) in [5.74, 6) is -4.58. The smallest absolute Gasteiger partial charge is 0.244 e. The predicted octanol–water partition coefficient (Wildman–Crippen LogP) is 1.86. The van der Waals surface area contributed by atoms with Crippen molar-refractivity contribution in [3.8, 4) is 0 Å². The van der Waals surface area contributed by atoms with E-state index >= 15 is 0 Å². The Hall–Kier alpha value is -3.17. The zero-order chi connectivity index (χ0) is 18.1. The molecule has 3 aromatic rings. The lowest BCUT2D eigenvalue weighted by Crippen LogP contribution is -2.31. The Kier molecular flexibility index (Phi) is 4.26. The van der Waals surface area contributed by atoms with Crippen LogP contribution in [0.4, 0.5) is 24.7 Å². The third-order valence-corrected chi connectivity index (χ3v) is 3.56. The number of fused-ring (bicyclic) bond motifs is 1. The van der Waals surface area contributed by atoms with E-state index in [0.717, 1.165) is 12.1 Å². The highest BCUT2D eigenvalue weighted by atomic mass is 19.2. The van der Waals surface area contributed by atoms with Crippen LogP contribution in [0.1, 0.15) is 0 Å². The summed E-state index contributed by atoms with van der Waals surface area (Å²) in [5.41, 5.74) is 0.149. The van der Waals surface area contributed by atoms with Crippen molar-refractivity contribution < 1.29 is 18.0 Å². The molecular weight excluding hydrogens is 337 g/mol. The fraction of sp³-hybridized carbons (Fsp3) is 0.200. The zero-order valence-corrected chi connectivity index (χ0v) is 13.3. The molecular formula is C15H13F3N6O. The first-order valence-corrected chi connectivity index (χ1v) is 7.15. The van der Waals surface area contributed by atoms with Gasteiger partial charge in [0, 0.05) is 14.1 Å². The predicted molar refractivity (Wildman–Crippen MR) is 84.5 cm³/mol. The van der Waals surface area contributed by atoms with Gasteiger partial charge in [-0.15, -0.1) is 0 Å². The minimum atomic E-state index is -1.64. The largest absolute Gasteiger partial charge is 0.350 e. The number of carbonyl (C=O) groups excluding carboxylic acids is 1. The fourth-order valence-electron chi connectivity index (χ4n) is 2.36. The maximum Gasteiger partial charge on any atom is 0.244 e. The second-order valence-corrected chi connectivity index (χ2v) is 5.33. The Morgan fingerprint density at radius 3 is 2.76 bits per heavy atom. The van der Waals surface area contributed by atoms with E-state index in [0.29, 0.717) is 16.9 Å². The lowest BCUT2D eigenvalue weighted by atomic mass is 10.2. The van der Waals surface area contributed by atoms with Crippen LogP contribution < -0.4 is 10.2 Å². The van der Waals surface area contributed by atoms with Crippen molar-refractivity contribution >= 4 is 28.4 Å². The molecule has 1 aromatic carbocycles. The molecule has 0 aliphatic carbocycles. The highest BCUT2D eigenvalue weighted by Gasteiger charge is 2.18. The Bertz CT molecular complexity index is 958. The van der Waals surface area contributed by atoms with E-state index in [1.807, 2.05) is 0 Å². The molecule has 0 bridgehead atoms. The molecule has 3 rings (SSSR count). The molecule has 10 heteroatoms. The van der Waals surface area contributed by atoms with E-state index in [4.69, 9.17) is 0 Å². The van der Waals surface area contributed by atoms with Crippen LogP contribution in [0.15, 0.2) is 24.7 Å². The van der Waals surface area contributed by atoms with Gasteiger partial charge < -0.3 is 10.2 Å². The average Bonchev–Trinajstić information content (AvgIpc) is 2.97. The number of hydrogen-bond donors (Lipinski definition) is 1. The highest BCUT2D eigenvalue weighted by Crippen LogP contribution is 2.22. The van der Waals surface area contributed by atoms with Crippen LogP contribution in [0.2, 0.25) is 0 Å². The maximum absolute atomic E-state index is 13.6. The first kappa shape index (κ1) is 16.7. The van der Waals surface area contributed by atoms with Crippen LogP contribution >= 0.6 is 0 Å². The minimum absolute atomic E-state index is 0.195. The Balaban J connectivity index is 1.77. The van der Waals surface area contributed by atoms with Crippen molar-refractivity contribution in [2.24, 2.45) is 7.05 Å². The zero-order valence-electron chi connectivity index (χ0n) is 13.3. The average molecular weight is 350 g/mol. The molecule has 0 radical (unpaired) electrons. The molecule has 25 heavy (non-hydrogen) atoms. The Morgan fingerprint density at radius 2 is 2.00 bits per heavy atom. The van der Waals surface area contributed by atoms with Crippen molar-refractivity contribution in [3.05, 3.63) is 42.1 Å². The molecule has 0 aliphatic rings. The number of carbonyl (C=O) groups is 1. The van der Waals surface area contributed by atoms with Gasteiger partial charge in [0.25, 0.3) is 0 Å². The molecule has 0 saturated carbocycles. The second-order valence-electron chi connectivity index (χ2n) is 5.33. The first-order chi connectivity index (χ1) is 11.9. The summed E-state index contributed by atoms with van der Waals surface area (Å²) >= 11 is 0. The second kappa shape index (κ2) is 6.38. The lowest BCUT2D eigenvalue weighted by Gasteiger charge is -2.18. The van der Waals surface area contributed by atoms with Gasteiger partial charge in [-0.2, -0.15) is 5.10 Å². The van der Waals surface area contributed by atoms with Crippen LogP contribution in [0.3, 0.4) is 0 Å². The number of nitrogens with zero attached hydrogens (tertiary/aromatic N) is 5. The van der Waals surface area contributed by atoms with Crippen molar-refractivity contribution in [2.75, 3.05) is 23.8 Å². The van der Waals surface area contributed by atoms with Crippen molar-refractivity contribution in [1.29, 1.82) is 0 Å². The summed E-state index contributed by atoms with van der Waals surface area (Å²) in [6.45, 7) is -0.195. The topological polar surface area (TPSA) is 75.9 Å². The molecule has 7 nitrogen and oxygen atoms in total. The van der Waals surface area contributed by atoms with Gasteiger partial charge >= 0.3 is 0 Å². The summed E-state index contributed by atoms with van der Waals surface area (Å²) in [5, 5.41) is 6.92. The Morgan fingerprint density at radius 1 is 1.24 bits per heavy atom. The van der Waals surface area contributed by atoms with E-state index in [1.54, 1.807) is 25.0 Å². The quantitative estimate of drug-likeness (QED) is 0.727. The van der Waals surface area contributed by atoms with Crippen LogP contribution in [0, 0.1) is 17.5 Å². The third-order valence-electron chi connectivity index (χ3n) is 3.56. The summed E-state index contributed by atoms with van der Waals surface area (Å²) < 4.78 is 41.3. The number of benzene rings is 1. The number of aromatic nitrogens is 4. The number of rotatable bonds is 4. The minimum Gasteiger partial charge on any atom is -0.350 e. The number of aryl methyl sites for hydroxylation is 1. The van der Waals surface area contributed by atoms with Crippen LogP contribution in [-0.2, 0) is 11.8 Å². The molecule has 0 fully saturated rings. The highest BCUT2D eigenvalue weighted by molar-refractivity contribution is 5.95. The standard InChI is InChI=1S/C15H13F3N6O/c1-23(14-8-5-21-24(2)15(8)20-7-19-14)6-11(25)22-10-4-3-9(16)12(17)13(10)18/h3-5,7H,6H2,1-2H3,(H,22,25). The molecule has 1 amide bonds. The first-order valence-electron chi connectivity index (χ1n) is 7.15. The van der Waals surface area contributed by atoms with Gasteiger partial charge in [0.05, 0.1) is 23.8 Å². The van der Waals surface area contributed by atoms with Crippen LogP contribution in [0.25, 0.3) is 11.0 Å². The fourth-order valence-corrected chi connectivity index (χ4v) is 2.36.